The Bertz CT molecular complexity index is 1070. The van der Waals surface area contributed by atoms with Crippen LogP contribution in [0.25, 0.3) is 22.6 Å². The number of nitrogens with zero attached hydrogens (tertiary/aromatic N) is 4. The summed E-state index contributed by atoms with van der Waals surface area (Å²) in [5.74, 6) is 1.69. The third kappa shape index (κ3) is 4.18. The Hall–Kier alpha value is -2.70. The molecule has 0 spiro atoms. The van der Waals surface area contributed by atoms with Crippen molar-refractivity contribution in [1.29, 1.82) is 0 Å². The van der Waals surface area contributed by atoms with Gasteiger partial charge in [0.15, 0.2) is 0 Å². The SMILES string of the molecule is Cc1ccccc1-c1noc(CSc2ccc(-c3cccc(Cl)c3)nn2)n1. The quantitative estimate of drug-likeness (QED) is 0.419. The van der Waals surface area contributed by atoms with Gasteiger partial charge in [0.25, 0.3) is 0 Å². The van der Waals surface area contributed by atoms with Crippen LogP contribution >= 0.6 is 23.4 Å². The van der Waals surface area contributed by atoms with Gasteiger partial charge in [-0.2, -0.15) is 4.98 Å². The van der Waals surface area contributed by atoms with E-state index in [0.29, 0.717) is 22.5 Å². The molecule has 0 aliphatic carbocycles. The molecule has 0 amide bonds. The molecule has 4 rings (SSSR count). The molecule has 5 nitrogen and oxygen atoms in total. The van der Waals surface area contributed by atoms with E-state index in [2.05, 4.69) is 20.3 Å². The summed E-state index contributed by atoms with van der Waals surface area (Å²) in [6.07, 6.45) is 0. The lowest BCUT2D eigenvalue weighted by Crippen LogP contribution is -1.90. The van der Waals surface area contributed by atoms with Gasteiger partial charge in [-0.05, 0) is 36.8 Å². The van der Waals surface area contributed by atoms with Crippen LogP contribution in [0.5, 0.6) is 0 Å². The number of halogens is 1. The maximum atomic E-state index is 6.02. The molecule has 2 aromatic carbocycles. The van der Waals surface area contributed by atoms with E-state index in [4.69, 9.17) is 16.1 Å². The second-order valence-corrected chi connectivity index (χ2v) is 7.31. The smallest absolute Gasteiger partial charge is 0.237 e. The maximum absolute atomic E-state index is 6.02. The van der Waals surface area contributed by atoms with Crippen molar-refractivity contribution in [2.24, 2.45) is 0 Å². The van der Waals surface area contributed by atoms with Crippen molar-refractivity contribution >= 4 is 23.4 Å². The Morgan fingerprint density at radius 2 is 1.89 bits per heavy atom. The van der Waals surface area contributed by atoms with Gasteiger partial charge in [0, 0.05) is 16.1 Å². The maximum Gasteiger partial charge on any atom is 0.237 e. The highest BCUT2D eigenvalue weighted by Crippen LogP contribution is 2.25. The van der Waals surface area contributed by atoms with E-state index in [0.717, 1.165) is 27.4 Å². The first kappa shape index (κ1) is 17.7. The van der Waals surface area contributed by atoms with Crippen molar-refractivity contribution in [3.8, 4) is 22.6 Å². The number of hydrogen-bond acceptors (Lipinski definition) is 6. The molecule has 0 bridgehead atoms. The number of aromatic nitrogens is 4. The third-order valence-electron chi connectivity index (χ3n) is 3.96. The normalized spacial score (nSPS) is 10.9. The Kier molecular flexibility index (Phi) is 5.18. The summed E-state index contributed by atoms with van der Waals surface area (Å²) in [7, 11) is 0. The highest BCUT2D eigenvalue weighted by molar-refractivity contribution is 7.98. The van der Waals surface area contributed by atoms with Crippen LogP contribution in [-0.4, -0.2) is 20.3 Å². The van der Waals surface area contributed by atoms with Gasteiger partial charge in [0.2, 0.25) is 11.7 Å². The molecule has 27 heavy (non-hydrogen) atoms. The van der Waals surface area contributed by atoms with Crippen molar-refractivity contribution in [1.82, 2.24) is 20.3 Å². The predicted molar refractivity (Wildman–Crippen MR) is 107 cm³/mol. The monoisotopic (exact) mass is 394 g/mol. The molecule has 4 aromatic rings. The number of aryl methyl sites for hydroxylation is 1. The van der Waals surface area contributed by atoms with Crippen LogP contribution in [0.3, 0.4) is 0 Å². The van der Waals surface area contributed by atoms with Crippen LogP contribution in [0.1, 0.15) is 11.5 Å². The Morgan fingerprint density at radius 1 is 1.00 bits per heavy atom. The molecular weight excluding hydrogens is 380 g/mol. The topological polar surface area (TPSA) is 64.7 Å². The highest BCUT2D eigenvalue weighted by atomic mass is 35.5. The zero-order valence-electron chi connectivity index (χ0n) is 14.5. The van der Waals surface area contributed by atoms with Crippen LogP contribution in [0.4, 0.5) is 0 Å². The van der Waals surface area contributed by atoms with E-state index in [1.165, 1.54) is 11.8 Å². The van der Waals surface area contributed by atoms with Crippen LogP contribution < -0.4 is 0 Å². The lowest BCUT2D eigenvalue weighted by Gasteiger charge is -2.02. The van der Waals surface area contributed by atoms with E-state index < -0.39 is 0 Å². The molecular formula is C20H15ClN4OS. The van der Waals surface area contributed by atoms with E-state index in [9.17, 15) is 0 Å². The average molecular weight is 395 g/mol. The lowest BCUT2D eigenvalue weighted by atomic mass is 10.1. The fourth-order valence-electron chi connectivity index (χ4n) is 2.58. The first-order valence-corrected chi connectivity index (χ1v) is 9.66. The Morgan fingerprint density at radius 3 is 2.67 bits per heavy atom. The molecule has 0 N–H and O–H groups in total. The van der Waals surface area contributed by atoms with Crippen LogP contribution in [0.2, 0.25) is 5.02 Å². The average Bonchev–Trinajstić information content (AvgIpc) is 3.16. The van der Waals surface area contributed by atoms with Crippen LogP contribution in [0.15, 0.2) is 70.2 Å². The lowest BCUT2D eigenvalue weighted by molar-refractivity contribution is 0.391. The van der Waals surface area contributed by atoms with Crippen LogP contribution in [0, 0.1) is 6.92 Å². The van der Waals surface area contributed by atoms with Gasteiger partial charge in [-0.1, -0.05) is 64.9 Å². The molecule has 0 radical (unpaired) electrons. The number of benzene rings is 2. The summed E-state index contributed by atoms with van der Waals surface area (Å²) in [6.45, 7) is 2.02. The first-order valence-electron chi connectivity index (χ1n) is 8.30. The molecule has 0 aliphatic rings. The summed E-state index contributed by atoms with van der Waals surface area (Å²) in [5, 5.41) is 14.1. The van der Waals surface area contributed by atoms with Crippen molar-refractivity contribution < 1.29 is 4.52 Å². The van der Waals surface area contributed by atoms with Gasteiger partial charge < -0.3 is 4.52 Å². The van der Waals surface area contributed by atoms with Crippen LogP contribution in [-0.2, 0) is 5.75 Å². The second kappa shape index (κ2) is 7.90. The van der Waals surface area contributed by atoms with Gasteiger partial charge in [-0.25, -0.2) is 0 Å². The van der Waals surface area contributed by atoms with Crippen molar-refractivity contribution in [3.05, 3.63) is 77.1 Å². The van der Waals surface area contributed by atoms with Gasteiger partial charge in [0.05, 0.1) is 11.4 Å². The molecule has 2 heterocycles. The molecule has 0 atom stereocenters. The van der Waals surface area contributed by atoms with E-state index >= 15 is 0 Å². The van der Waals surface area contributed by atoms with E-state index in [-0.39, 0.29) is 0 Å². The van der Waals surface area contributed by atoms with Crippen molar-refractivity contribution in [3.63, 3.8) is 0 Å². The number of rotatable bonds is 5. The van der Waals surface area contributed by atoms with Gasteiger partial charge in [-0.15, -0.1) is 10.2 Å². The summed E-state index contributed by atoms with van der Waals surface area (Å²) in [4.78, 5) is 4.47. The number of hydrogen-bond donors (Lipinski definition) is 0. The standard InChI is InChI=1S/C20H15ClN4OS/c1-13-5-2-3-8-16(13)20-22-18(26-25-20)12-27-19-10-9-17(23-24-19)14-6-4-7-15(21)11-14/h2-11H,12H2,1H3. The summed E-state index contributed by atoms with van der Waals surface area (Å²) >= 11 is 7.52. The minimum absolute atomic E-state index is 0.532. The third-order valence-corrected chi connectivity index (χ3v) is 5.10. The molecule has 2 aromatic heterocycles. The van der Waals surface area contributed by atoms with Crippen molar-refractivity contribution in [2.45, 2.75) is 17.7 Å². The Balaban J connectivity index is 1.43. The minimum atomic E-state index is 0.532. The zero-order valence-corrected chi connectivity index (χ0v) is 16.0. The fourth-order valence-corrected chi connectivity index (χ4v) is 3.42. The van der Waals surface area contributed by atoms with Gasteiger partial charge in [-0.3, -0.25) is 0 Å². The molecule has 0 unspecified atom stereocenters. The fraction of sp³-hybridized carbons (Fsp3) is 0.100. The molecule has 0 saturated heterocycles. The summed E-state index contributed by atoms with van der Waals surface area (Å²) in [6, 6.07) is 19.3. The highest BCUT2D eigenvalue weighted by Gasteiger charge is 2.11. The van der Waals surface area contributed by atoms with E-state index in [1.807, 2.05) is 67.6 Å². The second-order valence-electron chi connectivity index (χ2n) is 5.88. The largest absolute Gasteiger partial charge is 0.338 e. The molecule has 0 fully saturated rings. The summed E-state index contributed by atoms with van der Waals surface area (Å²) < 4.78 is 5.36. The van der Waals surface area contributed by atoms with Gasteiger partial charge >= 0.3 is 0 Å². The number of thioether (sulfide) groups is 1. The van der Waals surface area contributed by atoms with E-state index in [1.54, 1.807) is 0 Å². The predicted octanol–water partition coefficient (Wildman–Crippen LogP) is 5.45. The molecule has 0 aliphatic heterocycles. The summed E-state index contributed by atoms with van der Waals surface area (Å²) in [5.41, 5.74) is 3.80. The molecule has 7 heteroatoms. The Labute approximate surface area is 165 Å². The molecule has 0 saturated carbocycles. The first-order chi connectivity index (χ1) is 13.2. The van der Waals surface area contributed by atoms with Gasteiger partial charge in [0.1, 0.15) is 5.03 Å². The zero-order chi connectivity index (χ0) is 18.6. The minimum Gasteiger partial charge on any atom is -0.338 e. The van der Waals surface area contributed by atoms with Crippen molar-refractivity contribution in [2.75, 3.05) is 0 Å². The molecule has 134 valence electrons.